The topological polar surface area (TPSA) is 71.7 Å². The first kappa shape index (κ1) is 31.3. The number of anilines is 1. The highest BCUT2D eigenvalue weighted by atomic mass is 32.1. The van der Waals surface area contributed by atoms with Crippen LogP contribution in [0.25, 0.3) is 0 Å². The normalized spacial score (nSPS) is 24.8. The Morgan fingerprint density at radius 3 is 2.19 bits per heavy atom. The van der Waals surface area contributed by atoms with Gasteiger partial charge in [-0.2, -0.15) is 26.3 Å². The van der Waals surface area contributed by atoms with Crippen LogP contribution in [0.3, 0.4) is 0 Å². The van der Waals surface area contributed by atoms with Gasteiger partial charge in [0.15, 0.2) is 0 Å². The molecule has 0 bridgehead atoms. The van der Waals surface area contributed by atoms with Crippen molar-refractivity contribution in [2.24, 2.45) is 17.8 Å². The molecule has 5 rings (SSSR count). The molecule has 0 radical (unpaired) electrons. The van der Waals surface area contributed by atoms with Crippen molar-refractivity contribution < 1.29 is 36.0 Å². The number of pyridine rings is 1. The van der Waals surface area contributed by atoms with Crippen LogP contribution < -0.4 is 9.64 Å². The SMILES string of the molecule is O=[N+]([O-])c1ccc(OC2CCC(C3CCC3CC(=S)N3CCN(c4ccc(C(F)(F)F)nc4)CC3)CC2)cc1C(F)(F)F. The molecule has 2 unspecified atom stereocenters. The number of nitro groups is 1. The summed E-state index contributed by atoms with van der Waals surface area (Å²) >= 11 is 5.80. The van der Waals surface area contributed by atoms with E-state index in [0.29, 0.717) is 68.5 Å². The lowest BCUT2D eigenvalue weighted by Gasteiger charge is -2.46. The highest BCUT2D eigenvalue weighted by molar-refractivity contribution is 7.80. The number of nitrogens with zero attached hydrogens (tertiary/aromatic N) is 4. The third-order valence-corrected chi connectivity index (χ3v) is 9.47. The van der Waals surface area contributed by atoms with E-state index >= 15 is 0 Å². The minimum absolute atomic E-state index is 0.0112. The number of hydrogen-bond acceptors (Lipinski definition) is 6. The maximum absolute atomic E-state index is 13.3. The van der Waals surface area contributed by atoms with Crippen LogP contribution in [0.15, 0.2) is 36.5 Å². The lowest BCUT2D eigenvalue weighted by atomic mass is 9.62. The number of benzene rings is 1. The Kier molecular flexibility index (Phi) is 9.05. The van der Waals surface area contributed by atoms with Gasteiger partial charge in [0.2, 0.25) is 0 Å². The second-order valence-electron chi connectivity index (χ2n) is 11.6. The molecule has 234 valence electrons. The molecule has 1 aromatic carbocycles. The summed E-state index contributed by atoms with van der Waals surface area (Å²) in [6.45, 7) is 2.67. The number of halogens is 6. The van der Waals surface area contributed by atoms with E-state index in [1.54, 1.807) is 0 Å². The van der Waals surface area contributed by atoms with Gasteiger partial charge in [0.1, 0.15) is 17.0 Å². The third kappa shape index (κ3) is 7.32. The first-order chi connectivity index (χ1) is 20.3. The molecule has 0 spiro atoms. The zero-order valence-corrected chi connectivity index (χ0v) is 24.1. The Labute approximate surface area is 250 Å². The van der Waals surface area contributed by atoms with E-state index < -0.39 is 34.2 Å². The van der Waals surface area contributed by atoms with Gasteiger partial charge in [-0.1, -0.05) is 12.2 Å². The van der Waals surface area contributed by atoms with Crippen molar-refractivity contribution in [2.45, 2.75) is 63.4 Å². The smallest absolute Gasteiger partial charge is 0.433 e. The molecule has 2 heterocycles. The number of thiocarbonyl (C=S) groups is 1. The van der Waals surface area contributed by atoms with E-state index in [9.17, 15) is 36.5 Å². The minimum atomic E-state index is -4.85. The molecule has 2 aromatic rings. The Morgan fingerprint density at radius 1 is 0.953 bits per heavy atom. The number of piperazine rings is 1. The highest BCUT2D eigenvalue weighted by Gasteiger charge is 2.41. The van der Waals surface area contributed by atoms with Crippen molar-refractivity contribution in [1.82, 2.24) is 9.88 Å². The van der Waals surface area contributed by atoms with Gasteiger partial charge in [0.25, 0.3) is 5.69 Å². The van der Waals surface area contributed by atoms with Crippen LogP contribution in [-0.4, -0.2) is 52.1 Å². The first-order valence-corrected chi connectivity index (χ1v) is 14.8. The van der Waals surface area contributed by atoms with Gasteiger partial charge in [-0.05, 0) is 80.5 Å². The standard InChI is InChI=1S/C29H32F6N4O3S/c30-28(31,32)24-16-22(7-9-25(24)39(40)41)42-21-5-1-18(2-6-21)23-8-3-19(23)15-27(43)38-13-11-37(12-14-38)20-4-10-26(36-17-20)29(33,34)35/h4,7,9-10,16-19,21,23H,1-3,5-6,8,11-15H2. The van der Waals surface area contributed by atoms with Crippen LogP contribution >= 0.6 is 12.2 Å². The fourth-order valence-corrected chi connectivity index (χ4v) is 6.98. The molecule has 7 nitrogen and oxygen atoms in total. The van der Waals surface area contributed by atoms with E-state index in [0.717, 1.165) is 49.2 Å². The van der Waals surface area contributed by atoms with Crippen molar-refractivity contribution in [3.05, 3.63) is 57.9 Å². The van der Waals surface area contributed by atoms with Gasteiger partial charge in [0, 0.05) is 38.7 Å². The van der Waals surface area contributed by atoms with Crippen LogP contribution in [0.1, 0.15) is 56.2 Å². The molecule has 3 aliphatic rings. The molecule has 2 atom stereocenters. The molecular formula is C29H32F6N4O3S. The number of aromatic nitrogens is 1. The molecule has 43 heavy (non-hydrogen) atoms. The molecule has 0 amide bonds. The Balaban J connectivity index is 1.07. The number of nitro benzene ring substituents is 1. The third-order valence-electron chi connectivity index (χ3n) is 9.05. The Hall–Kier alpha value is -3.16. The fourth-order valence-electron chi connectivity index (χ4n) is 6.58. The number of ether oxygens (including phenoxy) is 1. The number of rotatable bonds is 7. The van der Waals surface area contributed by atoms with E-state index in [1.165, 1.54) is 18.3 Å². The summed E-state index contributed by atoms with van der Waals surface area (Å²) in [6, 6.07) is 5.24. The van der Waals surface area contributed by atoms with Crippen LogP contribution in [0, 0.1) is 27.9 Å². The quantitative estimate of drug-likeness (QED) is 0.136. The van der Waals surface area contributed by atoms with Gasteiger partial charge in [-0.15, -0.1) is 0 Å². The van der Waals surface area contributed by atoms with Gasteiger partial charge >= 0.3 is 12.4 Å². The highest BCUT2D eigenvalue weighted by Crippen LogP contribution is 2.48. The molecule has 0 N–H and O–H groups in total. The average molecular weight is 631 g/mol. The van der Waals surface area contributed by atoms with Crippen molar-refractivity contribution in [3.63, 3.8) is 0 Å². The fraction of sp³-hybridized carbons (Fsp3) is 0.586. The predicted octanol–water partition coefficient (Wildman–Crippen LogP) is 7.53. The molecule has 2 aliphatic carbocycles. The molecule has 1 aliphatic heterocycles. The molecule has 1 aromatic heterocycles. The largest absolute Gasteiger partial charge is 0.490 e. The van der Waals surface area contributed by atoms with Gasteiger partial charge in [-0.25, -0.2) is 4.98 Å². The zero-order chi connectivity index (χ0) is 30.9. The maximum atomic E-state index is 13.3. The van der Waals surface area contributed by atoms with Crippen LogP contribution in [0.5, 0.6) is 5.75 Å². The monoisotopic (exact) mass is 630 g/mol. The summed E-state index contributed by atoms with van der Waals surface area (Å²) in [5, 5.41) is 11.0. The Bertz CT molecular complexity index is 1310. The van der Waals surface area contributed by atoms with Gasteiger partial charge < -0.3 is 14.5 Å². The molecule has 2 saturated carbocycles. The van der Waals surface area contributed by atoms with Gasteiger partial charge in [-0.3, -0.25) is 10.1 Å². The van der Waals surface area contributed by atoms with E-state index in [-0.39, 0.29) is 11.9 Å². The average Bonchev–Trinajstić information content (AvgIpc) is 2.95. The predicted molar refractivity (Wildman–Crippen MR) is 151 cm³/mol. The Morgan fingerprint density at radius 2 is 1.65 bits per heavy atom. The number of alkyl halides is 6. The van der Waals surface area contributed by atoms with Crippen LogP contribution in [0.4, 0.5) is 37.7 Å². The molecule has 1 saturated heterocycles. The summed E-state index contributed by atoms with van der Waals surface area (Å²) in [7, 11) is 0. The molecule has 14 heteroatoms. The maximum Gasteiger partial charge on any atom is 0.433 e. The molecule has 3 fully saturated rings. The lowest BCUT2D eigenvalue weighted by molar-refractivity contribution is -0.388. The van der Waals surface area contributed by atoms with Gasteiger partial charge in [0.05, 0.1) is 27.9 Å². The first-order valence-electron chi connectivity index (χ1n) is 14.4. The van der Waals surface area contributed by atoms with Crippen LogP contribution in [0.2, 0.25) is 0 Å². The van der Waals surface area contributed by atoms with Crippen molar-refractivity contribution in [3.8, 4) is 5.75 Å². The second kappa shape index (κ2) is 12.4. The number of hydrogen-bond donors (Lipinski definition) is 0. The summed E-state index contributed by atoms with van der Waals surface area (Å²) in [5.74, 6) is 1.50. The summed E-state index contributed by atoms with van der Waals surface area (Å²) in [4.78, 5) is 18.6. The summed E-state index contributed by atoms with van der Waals surface area (Å²) in [6.07, 6.45) is -2.04. The van der Waals surface area contributed by atoms with Crippen molar-refractivity contribution in [1.29, 1.82) is 0 Å². The van der Waals surface area contributed by atoms with Crippen molar-refractivity contribution >= 4 is 28.6 Å². The van der Waals surface area contributed by atoms with E-state index in [1.807, 2.05) is 4.90 Å². The molecular weight excluding hydrogens is 598 g/mol. The second-order valence-corrected chi connectivity index (χ2v) is 12.0. The van der Waals surface area contributed by atoms with E-state index in [4.69, 9.17) is 17.0 Å². The van der Waals surface area contributed by atoms with Crippen LogP contribution in [-0.2, 0) is 12.4 Å². The zero-order valence-electron chi connectivity index (χ0n) is 23.2. The van der Waals surface area contributed by atoms with E-state index in [2.05, 4.69) is 9.88 Å². The minimum Gasteiger partial charge on any atom is -0.490 e. The summed E-state index contributed by atoms with van der Waals surface area (Å²) in [5.41, 5.74) is -2.55. The van der Waals surface area contributed by atoms with Crippen molar-refractivity contribution in [2.75, 3.05) is 31.1 Å². The lowest BCUT2D eigenvalue weighted by Crippen LogP contribution is -2.49. The summed E-state index contributed by atoms with van der Waals surface area (Å²) < 4.78 is 84.2.